The van der Waals surface area contributed by atoms with Crippen LogP contribution in [0.1, 0.15) is 50.3 Å². The average molecular weight is 275 g/mol. The van der Waals surface area contributed by atoms with Crippen LogP contribution in [0.4, 0.5) is 0 Å². The van der Waals surface area contributed by atoms with Gasteiger partial charge in [0.1, 0.15) is 0 Å². The summed E-state index contributed by atoms with van der Waals surface area (Å²) in [5.41, 5.74) is 3.08. The molecule has 1 aliphatic heterocycles. The summed E-state index contributed by atoms with van der Waals surface area (Å²) < 4.78 is 0. The lowest BCUT2D eigenvalue weighted by Gasteiger charge is -2.38. The van der Waals surface area contributed by atoms with E-state index in [1.54, 1.807) is 5.56 Å². The normalized spacial score (nSPS) is 34.8. The zero-order valence-corrected chi connectivity index (χ0v) is 12.9. The summed E-state index contributed by atoms with van der Waals surface area (Å²) in [5.74, 6) is 4.10. The minimum absolute atomic E-state index is 0.563. The van der Waals surface area contributed by atoms with Crippen molar-refractivity contribution in [3.63, 3.8) is 0 Å². The molecule has 1 heterocycles. The van der Waals surface area contributed by atoms with Gasteiger partial charge < -0.3 is 5.32 Å². The number of rotatable bonds is 2. The van der Waals surface area contributed by atoms with Crippen LogP contribution in [0.2, 0.25) is 0 Å². The van der Waals surface area contributed by atoms with E-state index in [2.05, 4.69) is 55.2 Å². The van der Waals surface area contributed by atoms with E-state index in [1.807, 2.05) is 0 Å². The summed E-state index contributed by atoms with van der Waals surface area (Å²) in [6, 6.07) is 10.3. The van der Waals surface area contributed by atoms with Crippen LogP contribution in [-0.4, -0.2) is 11.8 Å². The van der Waals surface area contributed by atoms with Gasteiger partial charge in [-0.1, -0.05) is 51.0 Å². The van der Waals surface area contributed by atoms with Crippen LogP contribution in [0.15, 0.2) is 24.3 Å². The molecule has 1 N–H and O–H groups in total. The SMILES string of the molecule is CC1CCCC(NC2CSCc3ccccc32)C1C. The molecular formula is C17H25NS. The van der Waals surface area contributed by atoms with E-state index in [1.165, 1.54) is 36.3 Å². The first-order chi connectivity index (χ1) is 9.25. The molecule has 1 fully saturated rings. The summed E-state index contributed by atoms with van der Waals surface area (Å²) >= 11 is 2.07. The number of benzene rings is 1. The molecule has 4 unspecified atom stereocenters. The van der Waals surface area contributed by atoms with E-state index in [0.717, 1.165) is 11.8 Å². The van der Waals surface area contributed by atoms with Gasteiger partial charge in [0, 0.05) is 23.6 Å². The molecule has 1 aromatic rings. The first-order valence-electron chi connectivity index (χ1n) is 7.67. The monoisotopic (exact) mass is 275 g/mol. The number of hydrogen-bond acceptors (Lipinski definition) is 2. The second kappa shape index (κ2) is 5.88. The molecule has 0 spiro atoms. The maximum absolute atomic E-state index is 3.97. The van der Waals surface area contributed by atoms with Gasteiger partial charge in [-0.25, -0.2) is 0 Å². The molecule has 1 aromatic carbocycles. The lowest BCUT2D eigenvalue weighted by Crippen LogP contribution is -2.43. The highest BCUT2D eigenvalue weighted by Crippen LogP contribution is 2.35. The van der Waals surface area contributed by atoms with Gasteiger partial charge >= 0.3 is 0 Å². The van der Waals surface area contributed by atoms with Crippen LogP contribution < -0.4 is 5.32 Å². The summed E-state index contributed by atoms with van der Waals surface area (Å²) in [6.07, 6.45) is 4.16. The summed E-state index contributed by atoms with van der Waals surface area (Å²) in [7, 11) is 0. The summed E-state index contributed by atoms with van der Waals surface area (Å²) in [5, 5.41) is 3.97. The van der Waals surface area contributed by atoms with Crippen molar-refractivity contribution in [1.29, 1.82) is 0 Å². The Labute approximate surface area is 121 Å². The molecule has 1 aliphatic carbocycles. The summed E-state index contributed by atoms with van der Waals surface area (Å²) in [4.78, 5) is 0. The molecule has 0 bridgehead atoms. The first-order valence-corrected chi connectivity index (χ1v) is 8.83. The van der Waals surface area contributed by atoms with Crippen molar-refractivity contribution in [1.82, 2.24) is 5.32 Å². The van der Waals surface area contributed by atoms with Crippen molar-refractivity contribution >= 4 is 11.8 Å². The third kappa shape index (κ3) is 2.85. The largest absolute Gasteiger partial charge is 0.306 e. The van der Waals surface area contributed by atoms with Crippen LogP contribution in [0.3, 0.4) is 0 Å². The molecule has 2 heteroatoms. The number of thioether (sulfide) groups is 1. The fourth-order valence-electron chi connectivity index (χ4n) is 3.60. The van der Waals surface area contributed by atoms with Crippen molar-refractivity contribution in [3.05, 3.63) is 35.4 Å². The Morgan fingerprint density at radius 1 is 1.16 bits per heavy atom. The van der Waals surface area contributed by atoms with Gasteiger partial charge in [0.05, 0.1) is 0 Å². The van der Waals surface area contributed by atoms with E-state index in [4.69, 9.17) is 0 Å². The van der Waals surface area contributed by atoms with Crippen LogP contribution >= 0.6 is 11.8 Å². The number of fused-ring (bicyclic) bond motifs is 1. The topological polar surface area (TPSA) is 12.0 Å². The van der Waals surface area contributed by atoms with E-state index in [0.29, 0.717) is 12.1 Å². The minimum atomic E-state index is 0.563. The Bertz CT molecular complexity index is 431. The molecule has 0 radical (unpaired) electrons. The molecule has 1 saturated carbocycles. The van der Waals surface area contributed by atoms with E-state index in [-0.39, 0.29) is 0 Å². The molecule has 0 saturated heterocycles. The molecule has 1 nitrogen and oxygen atoms in total. The Morgan fingerprint density at radius 3 is 2.89 bits per heavy atom. The van der Waals surface area contributed by atoms with Crippen molar-refractivity contribution < 1.29 is 0 Å². The van der Waals surface area contributed by atoms with Gasteiger partial charge in [-0.2, -0.15) is 11.8 Å². The second-order valence-corrected chi connectivity index (χ2v) is 7.34. The lowest BCUT2D eigenvalue weighted by molar-refractivity contribution is 0.196. The van der Waals surface area contributed by atoms with Crippen LogP contribution in [-0.2, 0) is 5.75 Å². The zero-order chi connectivity index (χ0) is 13.2. The highest BCUT2D eigenvalue weighted by atomic mass is 32.2. The average Bonchev–Trinajstić information content (AvgIpc) is 2.44. The van der Waals surface area contributed by atoms with E-state index < -0.39 is 0 Å². The molecule has 0 amide bonds. The lowest BCUT2D eigenvalue weighted by atomic mass is 9.77. The standard InChI is InChI=1S/C17H25NS/c1-12-6-5-9-16(13(12)2)18-17-11-19-10-14-7-3-4-8-15(14)17/h3-4,7-8,12-13,16-18H,5-6,9-11H2,1-2H3. The first kappa shape index (κ1) is 13.5. The van der Waals surface area contributed by atoms with Crippen LogP contribution in [0.25, 0.3) is 0 Å². The Kier molecular flexibility index (Phi) is 4.18. The highest BCUT2D eigenvalue weighted by molar-refractivity contribution is 7.98. The molecule has 3 rings (SSSR count). The van der Waals surface area contributed by atoms with Crippen LogP contribution in [0.5, 0.6) is 0 Å². The van der Waals surface area contributed by atoms with Crippen molar-refractivity contribution in [3.8, 4) is 0 Å². The maximum Gasteiger partial charge on any atom is 0.0417 e. The van der Waals surface area contributed by atoms with E-state index >= 15 is 0 Å². The Balaban J connectivity index is 1.74. The quantitative estimate of drug-likeness (QED) is 0.859. The fraction of sp³-hybridized carbons (Fsp3) is 0.647. The molecule has 104 valence electrons. The van der Waals surface area contributed by atoms with Crippen LogP contribution in [0, 0.1) is 11.8 Å². The van der Waals surface area contributed by atoms with Crippen molar-refractivity contribution in [2.24, 2.45) is 11.8 Å². The predicted octanol–water partition coefficient (Wildman–Crippen LogP) is 4.39. The van der Waals surface area contributed by atoms with Gasteiger partial charge in [-0.15, -0.1) is 0 Å². The predicted molar refractivity (Wildman–Crippen MR) is 84.4 cm³/mol. The van der Waals surface area contributed by atoms with E-state index in [9.17, 15) is 0 Å². The third-order valence-corrected chi connectivity index (χ3v) is 6.18. The molecule has 2 aliphatic rings. The minimum Gasteiger partial charge on any atom is -0.306 e. The highest BCUT2D eigenvalue weighted by Gasteiger charge is 2.30. The van der Waals surface area contributed by atoms with Gasteiger partial charge in [0.15, 0.2) is 0 Å². The number of hydrogen-bond donors (Lipinski definition) is 1. The van der Waals surface area contributed by atoms with Gasteiger partial charge in [0.2, 0.25) is 0 Å². The molecule has 19 heavy (non-hydrogen) atoms. The molecule has 0 aromatic heterocycles. The summed E-state index contributed by atoms with van der Waals surface area (Å²) in [6.45, 7) is 4.85. The maximum atomic E-state index is 3.97. The third-order valence-electron chi connectivity index (χ3n) is 5.09. The smallest absolute Gasteiger partial charge is 0.0417 e. The van der Waals surface area contributed by atoms with Gasteiger partial charge in [-0.3, -0.25) is 0 Å². The molecule has 4 atom stereocenters. The van der Waals surface area contributed by atoms with Gasteiger partial charge in [-0.05, 0) is 29.4 Å². The second-order valence-electron chi connectivity index (χ2n) is 6.31. The van der Waals surface area contributed by atoms with Crippen molar-refractivity contribution in [2.45, 2.75) is 50.9 Å². The zero-order valence-electron chi connectivity index (χ0n) is 12.1. The van der Waals surface area contributed by atoms with Gasteiger partial charge in [0.25, 0.3) is 0 Å². The van der Waals surface area contributed by atoms with Crippen molar-refractivity contribution in [2.75, 3.05) is 5.75 Å². The molecular weight excluding hydrogens is 250 g/mol. The Hall–Kier alpha value is -0.470. The fourth-order valence-corrected chi connectivity index (χ4v) is 4.71. The number of nitrogens with one attached hydrogen (secondary N) is 1. The Morgan fingerprint density at radius 2 is 2.00 bits per heavy atom.